The number of aromatic amines is 2. The first-order valence-electron chi connectivity index (χ1n) is 7.74. The van der Waals surface area contributed by atoms with E-state index in [1.165, 1.54) is 6.07 Å². The largest absolute Gasteiger partial charge is 0.345 e. The monoisotopic (exact) mass is 330 g/mol. The lowest BCUT2D eigenvalue weighted by Crippen LogP contribution is -2.23. The molecule has 0 aliphatic carbocycles. The predicted octanol–water partition coefficient (Wildman–Crippen LogP) is 3.17. The van der Waals surface area contributed by atoms with Crippen LogP contribution in [-0.2, 0) is 0 Å². The van der Waals surface area contributed by atoms with Gasteiger partial charge in [0.25, 0.3) is 11.5 Å². The Morgan fingerprint density at radius 1 is 0.960 bits per heavy atom. The Bertz CT molecular complexity index is 1110. The van der Waals surface area contributed by atoms with Gasteiger partial charge in [0.15, 0.2) is 0 Å². The number of carbonyl (C=O) groups is 1. The van der Waals surface area contributed by atoms with Crippen molar-refractivity contribution < 1.29 is 4.79 Å². The zero-order valence-corrected chi connectivity index (χ0v) is 13.1. The molecule has 0 bridgehead atoms. The smallest absolute Gasteiger partial charge is 0.261 e. The zero-order chi connectivity index (χ0) is 17.2. The van der Waals surface area contributed by atoms with Crippen LogP contribution < -0.4 is 10.9 Å². The molecule has 0 saturated heterocycles. The van der Waals surface area contributed by atoms with Crippen molar-refractivity contribution in [2.45, 2.75) is 0 Å². The third-order valence-electron chi connectivity index (χ3n) is 3.94. The van der Waals surface area contributed by atoms with Crippen molar-refractivity contribution in [1.29, 1.82) is 0 Å². The summed E-state index contributed by atoms with van der Waals surface area (Å²) < 4.78 is 0. The summed E-state index contributed by atoms with van der Waals surface area (Å²) in [7, 11) is 0. The maximum Gasteiger partial charge on any atom is 0.261 e. The van der Waals surface area contributed by atoms with Gasteiger partial charge in [-0.3, -0.25) is 9.59 Å². The number of amides is 1. The molecule has 122 valence electrons. The number of hydrogen-bond acceptors (Lipinski definition) is 3. The lowest BCUT2D eigenvalue weighted by Gasteiger charge is -2.07. The SMILES string of the molecule is O=C(Nc1cccc2[nH]cnc12)c1ccc(-c2ccccc2)[nH]c1=O. The van der Waals surface area contributed by atoms with Crippen LogP contribution in [0.15, 0.2) is 71.8 Å². The molecular weight excluding hydrogens is 316 g/mol. The third kappa shape index (κ3) is 2.81. The molecule has 25 heavy (non-hydrogen) atoms. The summed E-state index contributed by atoms with van der Waals surface area (Å²) in [5, 5.41) is 2.75. The number of benzene rings is 2. The molecule has 4 rings (SSSR count). The molecule has 6 nitrogen and oxygen atoms in total. The second-order valence-electron chi connectivity index (χ2n) is 5.54. The van der Waals surface area contributed by atoms with Crippen LogP contribution in [0, 0.1) is 0 Å². The van der Waals surface area contributed by atoms with Crippen LogP contribution >= 0.6 is 0 Å². The second kappa shape index (κ2) is 6.09. The van der Waals surface area contributed by atoms with Crippen molar-refractivity contribution in [2.75, 3.05) is 5.32 Å². The Morgan fingerprint density at radius 3 is 2.60 bits per heavy atom. The van der Waals surface area contributed by atoms with Gasteiger partial charge in [0, 0.05) is 5.69 Å². The number of nitrogens with one attached hydrogen (secondary N) is 3. The summed E-state index contributed by atoms with van der Waals surface area (Å²) in [6.45, 7) is 0. The Morgan fingerprint density at radius 2 is 1.80 bits per heavy atom. The molecule has 0 aliphatic rings. The molecule has 3 N–H and O–H groups in total. The molecule has 0 aliphatic heterocycles. The summed E-state index contributed by atoms with van der Waals surface area (Å²) >= 11 is 0. The Balaban J connectivity index is 1.65. The van der Waals surface area contributed by atoms with Crippen LogP contribution in [0.4, 0.5) is 5.69 Å². The summed E-state index contributed by atoms with van der Waals surface area (Å²) in [5.74, 6) is -0.476. The average molecular weight is 330 g/mol. The molecule has 2 aromatic carbocycles. The summed E-state index contributed by atoms with van der Waals surface area (Å²) in [5.41, 5.74) is 3.17. The van der Waals surface area contributed by atoms with Crippen molar-refractivity contribution in [3.63, 3.8) is 0 Å². The van der Waals surface area contributed by atoms with Crippen molar-refractivity contribution in [3.05, 3.63) is 82.9 Å². The van der Waals surface area contributed by atoms with Gasteiger partial charge >= 0.3 is 0 Å². The standard InChI is InChI=1S/C19H14N4O2/c24-18-13(9-10-14(22-18)12-5-2-1-3-6-12)19(25)23-16-8-4-7-15-17(16)21-11-20-15/h1-11H,(H,20,21)(H,22,24)(H,23,25). The maximum absolute atomic E-state index is 12.5. The molecular formula is C19H14N4O2. The Labute approximate surface area is 142 Å². The highest BCUT2D eigenvalue weighted by Gasteiger charge is 2.13. The highest BCUT2D eigenvalue weighted by Crippen LogP contribution is 2.20. The van der Waals surface area contributed by atoms with E-state index < -0.39 is 11.5 Å². The first-order chi connectivity index (χ1) is 12.2. The van der Waals surface area contributed by atoms with E-state index in [4.69, 9.17) is 0 Å². The molecule has 0 unspecified atom stereocenters. The van der Waals surface area contributed by atoms with Crippen LogP contribution in [0.3, 0.4) is 0 Å². The number of fused-ring (bicyclic) bond motifs is 1. The van der Waals surface area contributed by atoms with Crippen LogP contribution in [0.2, 0.25) is 0 Å². The molecule has 2 heterocycles. The van der Waals surface area contributed by atoms with Gasteiger partial charge < -0.3 is 15.3 Å². The average Bonchev–Trinajstić information content (AvgIpc) is 3.12. The molecule has 0 fully saturated rings. The highest BCUT2D eigenvalue weighted by molar-refractivity contribution is 6.07. The lowest BCUT2D eigenvalue weighted by atomic mass is 10.1. The summed E-state index contributed by atoms with van der Waals surface area (Å²) in [6.07, 6.45) is 1.56. The molecule has 0 saturated carbocycles. The van der Waals surface area contributed by atoms with Gasteiger partial charge in [0.1, 0.15) is 11.1 Å². The van der Waals surface area contributed by atoms with E-state index in [1.807, 2.05) is 36.4 Å². The van der Waals surface area contributed by atoms with E-state index in [-0.39, 0.29) is 5.56 Å². The Kier molecular flexibility index (Phi) is 3.63. The van der Waals surface area contributed by atoms with E-state index in [9.17, 15) is 9.59 Å². The number of rotatable bonds is 3. The molecule has 0 spiro atoms. The first-order valence-corrected chi connectivity index (χ1v) is 7.74. The van der Waals surface area contributed by atoms with Crippen LogP contribution in [-0.4, -0.2) is 20.9 Å². The van der Waals surface area contributed by atoms with Crippen LogP contribution in [0.25, 0.3) is 22.3 Å². The number of aromatic nitrogens is 3. The van der Waals surface area contributed by atoms with Gasteiger partial charge in [-0.15, -0.1) is 0 Å². The maximum atomic E-state index is 12.5. The fraction of sp³-hybridized carbons (Fsp3) is 0. The number of H-pyrrole nitrogens is 2. The molecule has 0 atom stereocenters. The minimum atomic E-state index is -0.476. The fourth-order valence-corrected chi connectivity index (χ4v) is 2.69. The number of pyridine rings is 1. The minimum Gasteiger partial charge on any atom is -0.345 e. The van der Waals surface area contributed by atoms with Crippen molar-refractivity contribution in [1.82, 2.24) is 15.0 Å². The van der Waals surface area contributed by atoms with E-state index in [0.717, 1.165) is 11.1 Å². The van der Waals surface area contributed by atoms with Gasteiger partial charge in [0.05, 0.1) is 17.5 Å². The topological polar surface area (TPSA) is 90.6 Å². The van der Waals surface area contributed by atoms with Gasteiger partial charge in [-0.05, 0) is 29.8 Å². The number of nitrogens with zero attached hydrogens (tertiary/aromatic N) is 1. The molecule has 0 radical (unpaired) electrons. The van der Waals surface area contributed by atoms with Crippen LogP contribution in [0.5, 0.6) is 0 Å². The molecule has 2 aromatic heterocycles. The lowest BCUT2D eigenvalue weighted by molar-refractivity contribution is 0.102. The van der Waals surface area contributed by atoms with Gasteiger partial charge in [-0.2, -0.15) is 0 Å². The van der Waals surface area contributed by atoms with E-state index in [2.05, 4.69) is 20.3 Å². The first kappa shape index (κ1) is 14.9. The number of para-hydroxylation sites is 1. The van der Waals surface area contributed by atoms with E-state index >= 15 is 0 Å². The van der Waals surface area contributed by atoms with E-state index in [1.54, 1.807) is 24.5 Å². The third-order valence-corrected chi connectivity index (χ3v) is 3.94. The van der Waals surface area contributed by atoms with Gasteiger partial charge in [-0.25, -0.2) is 4.98 Å². The van der Waals surface area contributed by atoms with Crippen molar-refractivity contribution >= 4 is 22.6 Å². The quantitative estimate of drug-likeness (QED) is 0.539. The minimum absolute atomic E-state index is 0.0484. The Hall–Kier alpha value is -3.67. The van der Waals surface area contributed by atoms with Gasteiger partial charge in [0.2, 0.25) is 0 Å². The van der Waals surface area contributed by atoms with E-state index in [0.29, 0.717) is 16.9 Å². The molecule has 4 aromatic rings. The summed E-state index contributed by atoms with van der Waals surface area (Å²) in [4.78, 5) is 34.7. The second-order valence-corrected chi connectivity index (χ2v) is 5.54. The predicted molar refractivity (Wildman–Crippen MR) is 96.5 cm³/mol. The molecule has 6 heteroatoms. The highest BCUT2D eigenvalue weighted by atomic mass is 16.2. The fourth-order valence-electron chi connectivity index (χ4n) is 2.69. The summed E-state index contributed by atoms with van der Waals surface area (Å²) in [6, 6.07) is 18.1. The number of imidazole rings is 1. The van der Waals surface area contributed by atoms with Crippen molar-refractivity contribution in [3.8, 4) is 11.3 Å². The van der Waals surface area contributed by atoms with Crippen molar-refractivity contribution in [2.24, 2.45) is 0 Å². The number of carbonyl (C=O) groups excluding carboxylic acids is 1. The van der Waals surface area contributed by atoms with Crippen LogP contribution in [0.1, 0.15) is 10.4 Å². The van der Waals surface area contributed by atoms with Gasteiger partial charge in [-0.1, -0.05) is 36.4 Å². The zero-order valence-electron chi connectivity index (χ0n) is 13.1. The normalized spacial score (nSPS) is 10.7. The number of hydrogen-bond donors (Lipinski definition) is 3. The molecule has 1 amide bonds. The number of anilines is 1.